The first-order chi connectivity index (χ1) is 18.8. The number of aliphatic hydroxyl groups is 2. The summed E-state index contributed by atoms with van der Waals surface area (Å²) in [5, 5.41) is 28.8. The first-order valence-electron chi connectivity index (χ1n) is 13.6. The van der Waals surface area contributed by atoms with Crippen molar-refractivity contribution in [3.63, 3.8) is 0 Å². The highest BCUT2D eigenvalue weighted by Gasteiger charge is 2.59. The summed E-state index contributed by atoms with van der Waals surface area (Å²) in [6.45, 7) is 4.72. The fourth-order valence-electron chi connectivity index (χ4n) is 6.85. The fraction of sp³-hybridized carbons (Fsp3) is 0.467. The van der Waals surface area contributed by atoms with Crippen LogP contribution in [0, 0.1) is 16.7 Å². The van der Waals surface area contributed by atoms with Crippen LogP contribution in [0.15, 0.2) is 48.5 Å². The number of hydrogen-bond donors (Lipinski definition) is 4. The summed E-state index contributed by atoms with van der Waals surface area (Å²) in [6, 6.07) is 15.6. The third kappa shape index (κ3) is 4.66. The van der Waals surface area contributed by atoms with Crippen LogP contribution >= 0.6 is 11.3 Å². The highest BCUT2D eigenvalue weighted by molar-refractivity contribution is 7.15. The molecule has 0 saturated heterocycles. The van der Waals surface area contributed by atoms with Gasteiger partial charge in [-0.1, -0.05) is 38.1 Å². The second-order valence-corrected chi connectivity index (χ2v) is 12.6. The van der Waals surface area contributed by atoms with Gasteiger partial charge in [-0.3, -0.25) is 4.79 Å². The van der Waals surface area contributed by atoms with Crippen molar-refractivity contribution in [1.82, 2.24) is 10.3 Å². The molecule has 5 unspecified atom stereocenters. The Bertz CT molecular complexity index is 1360. The molecule has 1 fully saturated rings. The highest BCUT2D eigenvalue weighted by atomic mass is 32.1. The van der Waals surface area contributed by atoms with Crippen LogP contribution in [-0.4, -0.2) is 40.6 Å². The summed E-state index contributed by atoms with van der Waals surface area (Å²) in [6.07, 6.45) is 1.79. The van der Waals surface area contributed by atoms with Crippen molar-refractivity contribution in [1.29, 1.82) is 0 Å². The zero-order valence-electron chi connectivity index (χ0n) is 22.3. The van der Waals surface area contributed by atoms with E-state index in [2.05, 4.69) is 17.6 Å². The fourth-order valence-corrected chi connectivity index (χ4v) is 7.94. The van der Waals surface area contributed by atoms with Gasteiger partial charge in [-0.15, -0.1) is 11.3 Å². The number of hydrogen-bond acceptors (Lipinski definition) is 8. The van der Waals surface area contributed by atoms with Crippen LogP contribution in [0.3, 0.4) is 0 Å². The number of thiazole rings is 1. The molecule has 8 nitrogen and oxygen atoms in total. The first kappa shape index (κ1) is 26.1. The van der Waals surface area contributed by atoms with Gasteiger partial charge in [0.2, 0.25) is 12.7 Å². The zero-order chi connectivity index (χ0) is 27.2. The van der Waals surface area contributed by atoms with E-state index in [9.17, 15) is 15.0 Å². The van der Waals surface area contributed by atoms with Gasteiger partial charge in [0.05, 0.1) is 18.4 Å². The molecule has 1 aromatic heterocycles. The van der Waals surface area contributed by atoms with E-state index in [4.69, 9.17) is 14.5 Å². The van der Waals surface area contributed by atoms with Crippen molar-refractivity contribution < 1.29 is 24.5 Å². The molecule has 5 atom stereocenters. The van der Waals surface area contributed by atoms with E-state index < -0.39 is 11.5 Å². The van der Waals surface area contributed by atoms with Gasteiger partial charge < -0.3 is 30.3 Å². The Morgan fingerprint density at radius 3 is 2.74 bits per heavy atom. The molecule has 206 valence electrons. The summed E-state index contributed by atoms with van der Waals surface area (Å²) in [7, 11) is 0. The minimum atomic E-state index is -0.650. The lowest BCUT2D eigenvalue weighted by atomic mass is 9.47. The number of amides is 1. The van der Waals surface area contributed by atoms with Crippen LogP contribution in [-0.2, 0) is 17.8 Å². The lowest BCUT2D eigenvalue weighted by Gasteiger charge is -2.58. The third-order valence-corrected chi connectivity index (χ3v) is 10.2. The highest BCUT2D eigenvalue weighted by Crippen LogP contribution is 2.62. The van der Waals surface area contributed by atoms with E-state index in [1.807, 2.05) is 55.5 Å². The van der Waals surface area contributed by atoms with Crippen molar-refractivity contribution >= 4 is 28.1 Å². The van der Waals surface area contributed by atoms with E-state index in [1.54, 1.807) is 11.3 Å². The van der Waals surface area contributed by atoms with Crippen LogP contribution in [0.25, 0.3) is 0 Å². The molecule has 2 heterocycles. The average molecular weight is 550 g/mol. The minimum Gasteiger partial charge on any atom is -0.454 e. The molecule has 39 heavy (non-hydrogen) atoms. The number of benzene rings is 2. The first-order valence-corrected chi connectivity index (χ1v) is 14.4. The number of carbonyl (C=O) groups is 1. The Hall–Kier alpha value is -3.14. The van der Waals surface area contributed by atoms with Crippen LogP contribution in [0.2, 0.25) is 0 Å². The van der Waals surface area contributed by atoms with E-state index in [0.717, 1.165) is 39.8 Å². The Kier molecular flexibility index (Phi) is 6.77. The third-order valence-electron chi connectivity index (χ3n) is 9.23. The number of carbonyl (C=O) groups excluding carboxylic acids is 1. The van der Waals surface area contributed by atoms with Crippen LogP contribution in [0.1, 0.15) is 55.2 Å². The Morgan fingerprint density at radius 1 is 1.15 bits per heavy atom. The molecular weight excluding hydrogens is 514 g/mol. The van der Waals surface area contributed by atoms with Crippen molar-refractivity contribution in [2.45, 2.75) is 58.1 Å². The molecule has 4 N–H and O–H groups in total. The zero-order valence-corrected chi connectivity index (χ0v) is 23.1. The Morgan fingerprint density at radius 2 is 1.95 bits per heavy atom. The van der Waals surface area contributed by atoms with Gasteiger partial charge in [0.1, 0.15) is 0 Å². The van der Waals surface area contributed by atoms with Crippen molar-refractivity contribution in [3.8, 4) is 11.5 Å². The van der Waals surface area contributed by atoms with Gasteiger partial charge >= 0.3 is 0 Å². The van der Waals surface area contributed by atoms with Gasteiger partial charge in [0, 0.05) is 34.9 Å². The van der Waals surface area contributed by atoms with E-state index in [0.29, 0.717) is 24.5 Å². The predicted molar refractivity (Wildman–Crippen MR) is 149 cm³/mol. The summed E-state index contributed by atoms with van der Waals surface area (Å²) < 4.78 is 10.9. The number of aliphatic hydroxyl groups excluding tert-OH is 2. The molecule has 6 rings (SSSR count). The van der Waals surface area contributed by atoms with Crippen LogP contribution in [0.4, 0.5) is 10.8 Å². The van der Waals surface area contributed by atoms with E-state index in [1.165, 1.54) is 0 Å². The molecular formula is C30H35N3O5S. The molecule has 0 radical (unpaired) electrons. The van der Waals surface area contributed by atoms with Crippen molar-refractivity contribution in [3.05, 3.63) is 64.7 Å². The van der Waals surface area contributed by atoms with E-state index in [-0.39, 0.29) is 43.0 Å². The van der Waals surface area contributed by atoms with E-state index >= 15 is 0 Å². The predicted octanol–water partition coefficient (Wildman–Crippen LogP) is 4.74. The summed E-state index contributed by atoms with van der Waals surface area (Å²) >= 11 is 1.61. The van der Waals surface area contributed by atoms with Gasteiger partial charge in [0.25, 0.3) is 0 Å². The molecule has 0 bridgehead atoms. The molecule has 0 spiro atoms. The molecule has 1 amide bonds. The van der Waals surface area contributed by atoms with Gasteiger partial charge in [0.15, 0.2) is 16.6 Å². The lowest BCUT2D eigenvalue weighted by Crippen LogP contribution is -2.57. The van der Waals surface area contributed by atoms with Gasteiger partial charge in [-0.05, 0) is 60.4 Å². The summed E-state index contributed by atoms with van der Waals surface area (Å²) in [5.41, 5.74) is 1.92. The lowest BCUT2D eigenvalue weighted by molar-refractivity contribution is -0.144. The number of aromatic nitrogens is 1. The van der Waals surface area contributed by atoms with Gasteiger partial charge in [-0.25, -0.2) is 4.98 Å². The largest absolute Gasteiger partial charge is 0.454 e. The molecule has 2 aromatic carbocycles. The SMILES string of the molecule is CC1(CO)C(O)CCC2(C)C(CC(=O)NCc3ccc4c(c3)OCO4)c3nc(Nc4ccccc4)sc3CC12. The molecule has 1 saturated carbocycles. The number of nitrogens with zero attached hydrogens (tertiary/aromatic N) is 1. The summed E-state index contributed by atoms with van der Waals surface area (Å²) in [5.74, 6) is 1.24. The molecule has 9 heteroatoms. The number of rotatable bonds is 7. The maximum atomic E-state index is 13.4. The molecule has 2 aliphatic carbocycles. The quantitative estimate of drug-likeness (QED) is 0.337. The van der Waals surface area contributed by atoms with Crippen molar-refractivity contribution in [2.75, 3.05) is 18.7 Å². The van der Waals surface area contributed by atoms with Gasteiger partial charge in [-0.2, -0.15) is 0 Å². The second-order valence-electron chi connectivity index (χ2n) is 11.5. The average Bonchev–Trinajstić information content (AvgIpc) is 3.57. The minimum absolute atomic E-state index is 0.0166. The smallest absolute Gasteiger partial charge is 0.231 e. The second kappa shape index (κ2) is 10.1. The number of para-hydroxylation sites is 1. The standard InChI is InChI=1S/C30H35N3O5S/c1-29-11-10-25(35)30(2,16-34)24(29)14-23-27(33-28(39-23)32-19-6-4-3-5-7-19)20(29)13-26(36)31-15-18-8-9-21-22(12-18)38-17-37-21/h3-9,12,20,24-25,34-35H,10-11,13-17H2,1-2H3,(H,31,36)(H,32,33). The normalized spacial score (nSPS) is 28.9. The molecule has 3 aromatic rings. The summed E-state index contributed by atoms with van der Waals surface area (Å²) in [4.78, 5) is 19.6. The monoisotopic (exact) mass is 549 g/mol. The Labute approximate surface area is 232 Å². The number of ether oxygens (including phenoxy) is 2. The molecule has 1 aliphatic heterocycles. The van der Waals surface area contributed by atoms with Crippen LogP contribution in [0.5, 0.6) is 11.5 Å². The maximum absolute atomic E-state index is 13.4. The number of nitrogens with one attached hydrogen (secondary N) is 2. The maximum Gasteiger partial charge on any atom is 0.231 e. The van der Waals surface area contributed by atoms with Crippen molar-refractivity contribution in [2.24, 2.45) is 16.7 Å². The number of anilines is 2. The number of fused-ring (bicyclic) bond motifs is 3. The molecule has 3 aliphatic rings. The van der Waals surface area contributed by atoms with Crippen LogP contribution < -0.4 is 20.1 Å². The Balaban J connectivity index is 1.28. The topological polar surface area (TPSA) is 113 Å².